The second-order valence-corrected chi connectivity index (χ2v) is 5.16. The van der Waals surface area contributed by atoms with Crippen LogP contribution in [0, 0.1) is 0 Å². The normalized spacial score (nSPS) is 12.2. The van der Waals surface area contributed by atoms with Crippen molar-refractivity contribution in [3.05, 3.63) is 60.8 Å². The summed E-state index contributed by atoms with van der Waals surface area (Å²) < 4.78 is 25.5. The first-order valence-electron chi connectivity index (χ1n) is 5.96. The van der Waals surface area contributed by atoms with E-state index < -0.39 is 11.1 Å². The highest BCUT2D eigenvalue weighted by Crippen LogP contribution is 2.24. The summed E-state index contributed by atoms with van der Waals surface area (Å²) in [5, 5.41) is 0.998. The molecular formula is C15H11NO3S. The number of hydrogen-bond donors (Lipinski definition) is 1. The van der Waals surface area contributed by atoms with Crippen LogP contribution in [0.5, 0.6) is 11.5 Å². The quantitative estimate of drug-likeness (QED) is 0.747. The van der Waals surface area contributed by atoms with Gasteiger partial charge in [-0.05, 0) is 36.4 Å². The van der Waals surface area contributed by atoms with Gasteiger partial charge in [-0.15, -0.1) is 0 Å². The van der Waals surface area contributed by atoms with E-state index in [1.807, 2.05) is 30.3 Å². The Hall–Kier alpha value is -2.24. The lowest BCUT2D eigenvalue weighted by Gasteiger charge is -2.06. The Bertz CT molecular complexity index is 771. The Morgan fingerprint density at radius 3 is 2.50 bits per heavy atom. The van der Waals surface area contributed by atoms with Crippen LogP contribution < -0.4 is 4.74 Å². The highest BCUT2D eigenvalue weighted by Gasteiger charge is 2.02. The molecule has 0 radical (unpaired) electrons. The summed E-state index contributed by atoms with van der Waals surface area (Å²) in [5.74, 6) is 1.22. The minimum absolute atomic E-state index is 0.342. The van der Waals surface area contributed by atoms with Crippen molar-refractivity contribution in [1.82, 2.24) is 4.98 Å². The second kappa shape index (κ2) is 5.40. The first-order valence-corrected chi connectivity index (χ1v) is 7.06. The fourth-order valence-corrected chi connectivity index (χ4v) is 2.24. The molecule has 100 valence electrons. The number of pyridine rings is 1. The van der Waals surface area contributed by atoms with Gasteiger partial charge in [-0.1, -0.05) is 18.2 Å². The number of rotatable bonds is 3. The fourth-order valence-electron chi connectivity index (χ4n) is 1.87. The third-order valence-corrected chi connectivity index (χ3v) is 3.50. The van der Waals surface area contributed by atoms with Crippen LogP contribution in [0.4, 0.5) is 0 Å². The Kier molecular flexibility index (Phi) is 3.45. The topological polar surface area (TPSA) is 59.4 Å². The van der Waals surface area contributed by atoms with Crippen LogP contribution in [0.25, 0.3) is 10.9 Å². The Labute approximate surface area is 118 Å². The van der Waals surface area contributed by atoms with E-state index in [0.29, 0.717) is 16.4 Å². The van der Waals surface area contributed by atoms with Gasteiger partial charge < -0.3 is 9.29 Å². The largest absolute Gasteiger partial charge is 0.456 e. The Morgan fingerprint density at radius 2 is 1.75 bits per heavy atom. The predicted octanol–water partition coefficient (Wildman–Crippen LogP) is 3.61. The van der Waals surface area contributed by atoms with E-state index in [2.05, 4.69) is 4.98 Å². The Balaban J connectivity index is 1.87. The van der Waals surface area contributed by atoms with Gasteiger partial charge in [0.1, 0.15) is 11.5 Å². The average Bonchev–Trinajstić information content (AvgIpc) is 2.48. The highest BCUT2D eigenvalue weighted by atomic mass is 32.2. The maximum absolute atomic E-state index is 10.9. The van der Waals surface area contributed by atoms with E-state index in [4.69, 9.17) is 9.29 Å². The van der Waals surface area contributed by atoms with Crippen LogP contribution in [0.15, 0.2) is 65.7 Å². The number of hydrogen-bond acceptors (Lipinski definition) is 3. The minimum Gasteiger partial charge on any atom is -0.456 e. The summed E-state index contributed by atoms with van der Waals surface area (Å²) in [5.41, 5.74) is 0.908. The lowest BCUT2D eigenvalue weighted by molar-refractivity contribution is 0.481. The number of aromatic nitrogens is 1. The maximum Gasteiger partial charge on any atom is 0.186 e. The van der Waals surface area contributed by atoms with Crippen LogP contribution in [-0.4, -0.2) is 13.7 Å². The van der Waals surface area contributed by atoms with E-state index in [1.165, 1.54) is 0 Å². The molecule has 3 aromatic rings. The van der Waals surface area contributed by atoms with Gasteiger partial charge in [0.05, 0.1) is 16.6 Å². The van der Waals surface area contributed by atoms with Crippen LogP contribution in [0.1, 0.15) is 0 Å². The SMILES string of the molecule is O=S(O)c1ccc(Oc2cnc3ccccc3c2)cc1. The monoisotopic (exact) mass is 285 g/mol. The van der Waals surface area contributed by atoms with Gasteiger partial charge in [-0.2, -0.15) is 0 Å². The zero-order chi connectivity index (χ0) is 13.9. The molecular weight excluding hydrogens is 274 g/mol. The molecule has 0 aliphatic heterocycles. The molecule has 0 saturated heterocycles. The molecule has 1 aromatic heterocycles. The number of ether oxygens (including phenoxy) is 1. The van der Waals surface area contributed by atoms with Gasteiger partial charge in [0.2, 0.25) is 0 Å². The third kappa shape index (κ3) is 2.68. The second-order valence-electron chi connectivity index (χ2n) is 4.19. The minimum atomic E-state index is -1.97. The molecule has 3 rings (SSSR count). The summed E-state index contributed by atoms with van der Waals surface area (Å²) in [7, 11) is 0. The number of benzene rings is 2. The molecule has 0 fully saturated rings. The van der Waals surface area contributed by atoms with Crippen LogP contribution in [-0.2, 0) is 11.1 Å². The molecule has 1 heterocycles. The maximum atomic E-state index is 10.9. The number of para-hydroxylation sites is 1. The van der Waals surface area contributed by atoms with Gasteiger partial charge in [0.15, 0.2) is 11.1 Å². The summed E-state index contributed by atoms with van der Waals surface area (Å²) in [6.07, 6.45) is 1.65. The molecule has 20 heavy (non-hydrogen) atoms. The van der Waals surface area contributed by atoms with Gasteiger partial charge in [-0.3, -0.25) is 4.98 Å². The first kappa shape index (κ1) is 12.8. The fraction of sp³-hybridized carbons (Fsp3) is 0. The highest BCUT2D eigenvalue weighted by molar-refractivity contribution is 7.79. The van der Waals surface area contributed by atoms with Crippen molar-refractivity contribution in [2.45, 2.75) is 4.90 Å². The van der Waals surface area contributed by atoms with E-state index >= 15 is 0 Å². The lowest BCUT2D eigenvalue weighted by atomic mass is 10.2. The molecule has 1 unspecified atom stereocenters. The molecule has 1 atom stereocenters. The third-order valence-electron chi connectivity index (χ3n) is 2.83. The van der Waals surface area contributed by atoms with Crippen molar-refractivity contribution in [1.29, 1.82) is 0 Å². The number of nitrogens with zero attached hydrogens (tertiary/aromatic N) is 1. The summed E-state index contributed by atoms with van der Waals surface area (Å²) in [6, 6.07) is 16.1. The number of fused-ring (bicyclic) bond motifs is 1. The summed E-state index contributed by atoms with van der Waals surface area (Å²) >= 11 is -1.97. The molecule has 0 aliphatic carbocycles. The predicted molar refractivity (Wildman–Crippen MR) is 77.3 cm³/mol. The smallest absolute Gasteiger partial charge is 0.186 e. The first-order chi connectivity index (χ1) is 9.72. The molecule has 0 amide bonds. The molecule has 0 saturated carbocycles. The van der Waals surface area contributed by atoms with Crippen LogP contribution in [0.3, 0.4) is 0 Å². The van der Waals surface area contributed by atoms with Crippen molar-refractivity contribution < 1.29 is 13.5 Å². The zero-order valence-electron chi connectivity index (χ0n) is 10.4. The van der Waals surface area contributed by atoms with Gasteiger partial charge in [0.25, 0.3) is 0 Å². The van der Waals surface area contributed by atoms with Gasteiger partial charge >= 0.3 is 0 Å². The van der Waals surface area contributed by atoms with Crippen molar-refractivity contribution in [3.63, 3.8) is 0 Å². The summed E-state index contributed by atoms with van der Waals surface area (Å²) in [4.78, 5) is 4.65. The molecule has 0 bridgehead atoms. The molecule has 1 N–H and O–H groups in total. The van der Waals surface area contributed by atoms with Crippen LogP contribution >= 0.6 is 0 Å². The van der Waals surface area contributed by atoms with Gasteiger partial charge in [-0.25, -0.2) is 4.21 Å². The molecule has 5 heteroatoms. The Morgan fingerprint density at radius 1 is 1.00 bits per heavy atom. The van der Waals surface area contributed by atoms with E-state index in [1.54, 1.807) is 30.5 Å². The van der Waals surface area contributed by atoms with Crippen molar-refractivity contribution in [2.75, 3.05) is 0 Å². The van der Waals surface area contributed by atoms with Crippen molar-refractivity contribution in [2.24, 2.45) is 0 Å². The van der Waals surface area contributed by atoms with E-state index in [-0.39, 0.29) is 0 Å². The lowest BCUT2D eigenvalue weighted by Crippen LogP contribution is -1.89. The molecule has 0 aliphatic rings. The molecule has 0 spiro atoms. The average molecular weight is 285 g/mol. The van der Waals surface area contributed by atoms with E-state index in [0.717, 1.165) is 10.9 Å². The van der Waals surface area contributed by atoms with Gasteiger partial charge in [0, 0.05) is 5.39 Å². The van der Waals surface area contributed by atoms with E-state index in [9.17, 15) is 4.21 Å². The molecule has 2 aromatic carbocycles. The van der Waals surface area contributed by atoms with Crippen molar-refractivity contribution in [3.8, 4) is 11.5 Å². The standard InChI is InChI=1S/C15H11NO3S/c17-20(18)14-7-5-12(6-8-14)19-13-9-11-3-1-2-4-15(11)16-10-13/h1-10H,(H,17,18). The molecule has 4 nitrogen and oxygen atoms in total. The van der Waals surface area contributed by atoms with Crippen molar-refractivity contribution >= 4 is 22.0 Å². The van der Waals surface area contributed by atoms with Crippen LogP contribution in [0.2, 0.25) is 0 Å². The zero-order valence-corrected chi connectivity index (χ0v) is 11.2. The summed E-state index contributed by atoms with van der Waals surface area (Å²) in [6.45, 7) is 0.